The van der Waals surface area contributed by atoms with E-state index < -0.39 is 41.0 Å². The second-order valence-corrected chi connectivity index (χ2v) is 5.62. The van der Waals surface area contributed by atoms with Crippen LogP contribution in [0.1, 0.15) is 13.8 Å². The van der Waals surface area contributed by atoms with Crippen molar-refractivity contribution in [3.63, 3.8) is 0 Å². The van der Waals surface area contributed by atoms with Crippen LogP contribution in [0.2, 0.25) is 0 Å². The predicted molar refractivity (Wildman–Crippen MR) is 84.3 cm³/mol. The van der Waals surface area contributed by atoms with Crippen molar-refractivity contribution in [3.8, 4) is 0 Å². The molecule has 0 aliphatic rings. The molecule has 3 N–H and O–H groups in total. The number of rotatable bonds is 6. The molecule has 0 aliphatic heterocycles. The Labute approximate surface area is 142 Å². The summed E-state index contributed by atoms with van der Waals surface area (Å²) in [4.78, 5) is 36.0. The van der Waals surface area contributed by atoms with Gasteiger partial charge in [0.15, 0.2) is 17.5 Å². The van der Waals surface area contributed by atoms with E-state index in [9.17, 15) is 27.6 Å². The zero-order chi connectivity index (χ0) is 19.1. The molecule has 0 heterocycles. The Kier molecular flexibility index (Phi) is 7.37. The number of anilines is 1. The van der Waals surface area contributed by atoms with E-state index in [2.05, 4.69) is 16.0 Å². The topological polar surface area (TPSA) is 90.5 Å². The van der Waals surface area contributed by atoms with E-state index in [1.54, 1.807) is 13.8 Å². The predicted octanol–water partition coefficient (Wildman–Crippen LogP) is 1.21. The summed E-state index contributed by atoms with van der Waals surface area (Å²) in [7, 11) is 1.42. The minimum Gasteiger partial charge on any atom is -0.336 e. The van der Waals surface area contributed by atoms with Crippen LogP contribution in [-0.4, -0.2) is 48.9 Å². The number of halogens is 3. The first-order valence-corrected chi connectivity index (χ1v) is 7.32. The van der Waals surface area contributed by atoms with E-state index in [1.807, 2.05) is 0 Å². The van der Waals surface area contributed by atoms with Crippen molar-refractivity contribution >= 4 is 23.5 Å². The van der Waals surface area contributed by atoms with Crippen LogP contribution in [0.4, 0.5) is 23.7 Å². The van der Waals surface area contributed by atoms with Crippen LogP contribution in [0, 0.1) is 17.5 Å². The molecule has 0 fully saturated rings. The number of hydrogen-bond acceptors (Lipinski definition) is 4. The van der Waals surface area contributed by atoms with Crippen molar-refractivity contribution in [1.29, 1.82) is 0 Å². The number of nitrogens with one attached hydrogen (secondary N) is 3. The lowest BCUT2D eigenvalue weighted by atomic mass is 10.2. The summed E-state index contributed by atoms with van der Waals surface area (Å²) < 4.78 is 39.4. The summed E-state index contributed by atoms with van der Waals surface area (Å²) in [5, 5.41) is 6.61. The molecular formula is C15H19F3N4O3. The Morgan fingerprint density at radius 1 is 1.04 bits per heavy atom. The van der Waals surface area contributed by atoms with Gasteiger partial charge in [-0.2, -0.15) is 0 Å². The van der Waals surface area contributed by atoms with Gasteiger partial charge >= 0.3 is 6.03 Å². The Bertz CT molecular complexity index is 668. The van der Waals surface area contributed by atoms with Gasteiger partial charge in [-0.3, -0.25) is 19.8 Å². The molecule has 0 aliphatic carbocycles. The van der Waals surface area contributed by atoms with Gasteiger partial charge in [0.2, 0.25) is 11.8 Å². The lowest BCUT2D eigenvalue weighted by Crippen LogP contribution is -2.46. The highest BCUT2D eigenvalue weighted by molar-refractivity contribution is 5.96. The summed E-state index contributed by atoms with van der Waals surface area (Å²) in [5.74, 6) is -5.97. The highest BCUT2D eigenvalue weighted by Gasteiger charge is 2.17. The van der Waals surface area contributed by atoms with Crippen LogP contribution in [0.3, 0.4) is 0 Å². The quantitative estimate of drug-likeness (QED) is 0.665. The van der Waals surface area contributed by atoms with Crippen LogP contribution < -0.4 is 16.0 Å². The standard InChI is InChI=1S/C15H19F3N4O3/c1-8(2)19-15(25)21-12(24)7-22(3)6-11(23)20-10-5-4-9(16)13(17)14(10)18/h4-5,8H,6-7H2,1-3H3,(H,20,23)(H2,19,21,24,25). The molecule has 0 saturated heterocycles. The summed E-state index contributed by atoms with van der Waals surface area (Å²) in [5.41, 5.74) is -0.516. The molecule has 0 spiro atoms. The van der Waals surface area contributed by atoms with E-state index in [4.69, 9.17) is 0 Å². The maximum Gasteiger partial charge on any atom is 0.321 e. The number of nitrogens with zero attached hydrogens (tertiary/aromatic N) is 1. The number of carbonyl (C=O) groups is 3. The average molecular weight is 360 g/mol. The molecule has 1 aromatic carbocycles. The molecule has 0 unspecified atom stereocenters. The number of urea groups is 1. The van der Waals surface area contributed by atoms with Crippen molar-refractivity contribution in [2.45, 2.75) is 19.9 Å². The Morgan fingerprint density at radius 3 is 2.24 bits per heavy atom. The van der Waals surface area contributed by atoms with Crippen molar-refractivity contribution in [2.24, 2.45) is 0 Å². The lowest BCUT2D eigenvalue weighted by Gasteiger charge is -2.16. The minimum absolute atomic E-state index is 0.151. The van der Waals surface area contributed by atoms with Crippen molar-refractivity contribution in [3.05, 3.63) is 29.6 Å². The van der Waals surface area contributed by atoms with E-state index >= 15 is 0 Å². The molecule has 0 radical (unpaired) electrons. The SMILES string of the molecule is CC(C)NC(=O)NC(=O)CN(C)CC(=O)Nc1ccc(F)c(F)c1F. The summed E-state index contributed by atoms with van der Waals surface area (Å²) in [6, 6.07) is 0.747. The number of hydrogen-bond donors (Lipinski definition) is 3. The monoisotopic (exact) mass is 360 g/mol. The molecule has 0 aromatic heterocycles. The van der Waals surface area contributed by atoms with Crippen LogP contribution in [0.15, 0.2) is 12.1 Å². The van der Waals surface area contributed by atoms with Crippen LogP contribution in [-0.2, 0) is 9.59 Å². The van der Waals surface area contributed by atoms with E-state index in [-0.39, 0.29) is 19.1 Å². The molecule has 0 saturated carbocycles. The first kappa shape index (κ1) is 20.4. The number of imide groups is 1. The Morgan fingerprint density at radius 2 is 1.64 bits per heavy atom. The summed E-state index contributed by atoms with van der Waals surface area (Å²) >= 11 is 0. The number of benzene rings is 1. The third-order valence-corrected chi connectivity index (χ3v) is 2.81. The smallest absolute Gasteiger partial charge is 0.321 e. The second kappa shape index (κ2) is 9.02. The van der Waals surface area contributed by atoms with Crippen molar-refractivity contribution in [2.75, 3.05) is 25.5 Å². The van der Waals surface area contributed by atoms with Gasteiger partial charge in [-0.05, 0) is 33.0 Å². The molecule has 25 heavy (non-hydrogen) atoms. The zero-order valence-electron chi connectivity index (χ0n) is 14.0. The van der Waals surface area contributed by atoms with Crippen LogP contribution in [0.25, 0.3) is 0 Å². The van der Waals surface area contributed by atoms with Crippen LogP contribution in [0.5, 0.6) is 0 Å². The first-order chi connectivity index (χ1) is 11.6. The molecule has 138 valence electrons. The third kappa shape index (κ3) is 6.79. The molecule has 7 nitrogen and oxygen atoms in total. The second-order valence-electron chi connectivity index (χ2n) is 5.62. The normalized spacial score (nSPS) is 10.7. The van der Waals surface area contributed by atoms with E-state index in [0.717, 1.165) is 6.07 Å². The maximum atomic E-state index is 13.5. The minimum atomic E-state index is -1.69. The molecule has 0 bridgehead atoms. The van der Waals surface area contributed by atoms with Gasteiger partial charge in [-0.1, -0.05) is 0 Å². The third-order valence-electron chi connectivity index (χ3n) is 2.81. The summed E-state index contributed by atoms with van der Waals surface area (Å²) in [6.45, 7) is 2.83. The molecule has 0 atom stereocenters. The largest absolute Gasteiger partial charge is 0.336 e. The molecule has 1 rings (SSSR count). The van der Waals surface area contributed by atoms with Gasteiger partial charge in [0.25, 0.3) is 0 Å². The number of likely N-dealkylation sites (N-methyl/N-ethyl adjacent to an activating group) is 1. The average Bonchev–Trinajstić information content (AvgIpc) is 2.46. The van der Waals surface area contributed by atoms with Crippen molar-refractivity contribution < 1.29 is 27.6 Å². The Balaban J connectivity index is 2.50. The van der Waals surface area contributed by atoms with Gasteiger partial charge in [-0.25, -0.2) is 18.0 Å². The molecular weight excluding hydrogens is 341 g/mol. The lowest BCUT2D eigenvalue weighted by molar-refractivity contribution is -0.122. The van der Waals surface area contributed by atoms with Crippen LogP contribution >= 0.6 is 0 Å². The Hall–Kier alpha value is -2.62. The molecule has 4 amide bonds. The molecule has 10 heteroatoms. The highest BCUT2D eigenvalue weighted by atomic mass is 19.2. The fourth-order valence-corrected chi connectivity index (χ4v) is 1.82. The van der Waals surface area contributed by atoms with E-state index in [0.29, 0.717) is 6.07 Å². The van der Waals surface area contributed by atoms with Gasteiger partial charge in [0, 0.05) is 6.04 Å². The van der Waals surface area contributed by atoms with Gasteiger partial charge in [0.05, 0.1) is 18.8 Å². The fraction of sp³-hybridized carbons (Fsp3) is 0.400. The van der Waals surface area contributed by atoms with E-state index in [1.165, 1.54) is 11.9 Å². The van der Waals surface area contributed by atoms with Gasteiger partial charge < -0.3 is 10.6 Å². The maximum absolute atomic E-state index is 13.5. The van der Waals surface area contributed by atoms with Crippen molar-refractivity contribution in [1.82, 2.24) is 15.5 Å². The summed E-state index contributed by atoms with van der Waals surface area (Å²) in [6.07, 6.45) is 0. The number of amides is 4. The fourth-order valence-electron chi connectivity index (χ4n) is 1.82. The number of carbonyl (C=O) groups excluding carboxylic acids is 3. The zero-order valence-corrected chi connectivity index (χ0v) is 14.0. The van der Waals surface area contributed by atoms with Gasteiger partial charge in [-0.15, -0.1) is 0 Å². The molecule has 1 aromatic rings. The first-order valence-electron chi connectivity index (χ1n) is 7.32. The van der Waals surface area contributed by atoms with Gasteiger partial charge in [0.1, 0.15) is 0 Å². The highest BCUT2D eigenvalue weighted by Crippen LogP contribution is 2.19.